The van der Waals surface area contributed by atoms with Crippen LogP contribution in [0.4, 0.5) is 11.6 Å². The molecule has 0 amide bonds. The van der Waals surface area contributed by atoms with Crippen molar-refractivity contribution in [2.24, 2.45) is 7.05 Å². The molecule has 2 aromatic rings. The van der Waals surface area contributed by atoms with Crippen LogP contribution in [0.5, 0.6) is 5.88 Å². The van der Waals surface area contributed by atoms with Gasteiger partial charge < -0.3 is 15.8 Å². The summed E-state index contributed by atoms with van der Waals surface area (Å²) in [5, 5.41) is 8.04. The van der Waals surface area contributed by atoms with E-state index in [1.807, 2.05) is 11.7 Å². The van der Waals surface area contributed by atoms with Gasteiger partial charge in [-0.25, -0.2) is 9.97 Å². The van der Waals surface area contributed by atoms with E-state index in [2.05, 4.69) is 26.4 Å². The molecule has 0 unspecified atom stereocenters. The van der Waals surface area contributed by atoms with Crippen LogP contribution in [-0.2, 0) is 13.6 Å². The smallest absolute Gasteiger partial charge is 0.223 e. The normalized spacial score (nSPS) is 15.6. The van der Waals surface area contributed by atoms with Gasteiger partial charge in [-0.15, -0.1) is 0 Å². The highest BCUT2D eigenvalue weighted by atomic mass is 16.5. The van der Waals surface area contributed by atoms with Crippen molar-refractivity contribution in [1.82, 2.24) is 19.7 Å². The number of nitrogens with two attached hydrogens (primary N) is 1. The SMILES string of the molecule is COc1ncnc(N)c1CNc1cc(C2CCCCC2)nn1C. The predicted octanol–water partition coefficient (Wildman–Crippen LogP) is 2.46. The summed E-state index contributed by atoms with van der Waals surface area (Å²) < 4.78 is 7.14. The minimum absolute atomic E-state index is 0.430. The van der Waals surface area contributed by atoms with Crippen molar-refractivity contribution in [3.05, 3.63) is 23.7 Å². The fourth-order valence-corrected chi connectivity index (χ4v) is 3.18. The topological polar surface area (TPSA) is 90.9 Å². The third-order valence-electron chi connectivity index (χ3n) is 4.50. The Kier molecular flexibility index (Phi) is 4.64. The quantitative estimate of drug-likeness (QED) is 0.880. The maximum absolute atomic E-state index is 5.93. The number of nitrogen functional groups attached to an aromatic ring is 1. The molecule has 2 aromatic heterocycles. The first-order valence-corrected chi connectivity index (χ1v) is 8.10. The lowest BCUT2D eigenvalue weighted by Crippen LogP contribution is -2.10. The van der Waals surface area contributed by atoms with E-state index in [1.165, 1.54) is 44.1 Å². The van der Waals surface area contributed by atoms with Gasteiger partial charge in [0.25, 0.3) is 0 Å². The molecule has 23 heavy (non-hydrogen) atoms. The summed E-state index contributed by atoms with van der Waals surface area (Å²) in [7, 11) is 3.53. The first-order valence-electron chi connectivity index (χ1n) is 8.10. The van der Waals surface area contributed by atoms with E-state index in [0.29, 0.717) is 24.2 Å². The molecule has 1 aliphatic carbocycles. The van der Waals surface area contributed by atoms with Crippen LogP contribution in [0.15, 0.2) is 12.4 Å². The van der Waals surface area contributed by atoms with E-state index in [9.17, 15) is 0 Å². The maximum Gasteiger partial charge on any atom is 0.223 e. The molecule has 3 rings (SSSR count). The monoisotopic (exact) mass is 316 g/mol. The minimum Gasteiger partial charge on any atom is -0.481 e. The summed E-state index contributed by atoms with van der Waals surface area (Å²) >= 11 is 0. The molecular formula is C16H24N6O. The van der Waals surface area contributed by atoms with Crippen molar-refractivity contribution in [2.45, 2.75) is 44.6 Å². The van der Waals surface area contributed by atoms with Crippen LogP contribution in [0.1, 0.15) is 49.3 Å². The third kappa shape index (κ3) is 3.38. The van der Waals surface area contributed by atoms with Crippen molar-refractivity contribution in [3.63, 3.8) is 0 Å². The highest BCUT2D eigenvalue weighted by molar-refractivity contribution is 5.48. The molecule has 7 nitrogen and oxygen atoms in total. The first kappa shape index (κ1) is 15.6. The molecule has 0 aliphatic heterocycles. The summed E-state index contributed by atoms with van der Waals surface area (Å²) in [5.74, 6) is 2.49. The van der Waals surface area contributed by atoms with Crippen LogP contribution in [0.3, 0.4) is 0 Å². The fourth-order valence-electron chi connectivity index (χ4n) is 3.18. The van der Waals surface area contributed by atoms with E-state index < -0.39 is 0 Å². The van der Waals surface area contributed by atoms with Gasteiger partial charge in [-0.2, -0.15) is 5.10 Å². The molecule has 0 atom stereocenters. The van der Waals surface area contributed by atoms with E-state index >= 15 is 0 Å². The second-order valence-electron chi connectivity index (χ2n) is 6.01. The molecule has 0 radical (unpaired) electrons. The summed E-state index contributed by atoms with van der Waals surface area (Å²) in [6.45, 7) is 0.499. The molecule has 1 fully saturated rings. The van der Waals surface area contributed by atoms with Gasteiger partial charge in [0.2, 0.25) is 5.88 Å². The number of hydrogen-bond acceptors (Lipinski definition) is 6. The number of hydrogen-bond donors (Lipinski definition) is 2. The Balaban J connectivity index is 1.72. The lowest BCUT2D eigenvalue weighted by atomic mass is 9.87. The zero-order chi connectivity index (χ0) is 16.2. The Morgan fingerprint density at radius 1 is 1.30 bits per heavy atom. The minimum atomic E-state index is 0.430. The molecule has 0 aromatic carbocycles. The Bertz CT molecular complexity index is 663. The third-order valence-corrected chi connectivity index (χ3v) is 4.50. The number of nitrogens with zero attached hydrogens (tertiary/aromatic N) is 4. The zero-order valence-electron chi connectivity index (χ0n) is 13.7. The standard InChI is InChI=1S/C16H24N6O/c1-22-14(8-13(21-22)11-6-4-3-5-7-11)18-9-12-15(17)19-10-20-16(12)23-2/h8,10-11,18H,3-7,9H2,1-2H3,(H2,17,19,20). The second kappa shape index (κ2) is 6.85. The molecule has 0 saturated heterocycles. The molecule has 1 aliphatic rings. The lowest BCUT2D eigenvalue weighted by Gasteiger charge is -2.19. The van der Waals surface area contributed by atoms with Crippen molar-refractivity contribution >= 4 is 11.6 Å². The van der Waals surface area contributed by atoms with Gasteiger partial charge in [-0.05, 0) is 12.8 Å². The molecule has 124 valence electrons. The van der Waals surface area contributed by atoms with Gasteiger partial charge in [-0.3, -0.25) is 4.68 Å². The fraction of sp³-hybridized carbons (Fsp3) is 0.562. The van der Waals surface area contributed by atoms with Crippen LogP contribution in [0, 0.1) is 0 Å². The molecular weight excluding hydrogens is 292 g/mol. The Morgan fingerprint density at radius 3 is 2.83 bits per heavy atom. The van der Waals surface area contributed by atoms with Gasteiger partial charge in [0.15, 0.2) is 0 Å². The van der Waals surface area contributed by atoms with E-state index in [-0.39, 0.29) is 0 Å². The largest absolute Gasteiger partial charge is 0.481 e. The van der Waals surface area contributed by atoms with E-state index in [4.69, 9.17) is 10.5 Å². The molecule has 7 heteroatoms. The number of ether oxygens (including phenoxy) is 1. The van der Waals surface area contributed by atoms with Crippen LogP contribution < -0.4 is 15.8 Å². The van der Waals surface area contributed by atoms with Crippen molar-refractivity contribution in [3.8, 4) is 5.88 Å². The van der Waals surface area contributed by atoms with Crippen LogP contribution in [-0.4, -0.2) is 26.9 Å². The molecule has 0 bridgehead atoms. The molecule has 2 heterocycles. The van der Waals surface area contributed by atoms with Crippen molar-refractivity contribution in [1.29, 1.82) is 0 Å². The summed E-state index contributed by atoms with van der Waals surface area (Å²) in [6, 6.07) is 2.14. The van der Waals surface area contributed by atoms with E-state index in [1.54, 1.807) is 7.11 Å². The first-order chi connectivity index (χ1) is 11.2. The Hall–Kier alpha value is -2.31. The van der Waals surface area contributed by atoms with Crippen LogP contribution in [0.2, 0.25) is 0 Å². The zero-order valence-corrected chi connectivity index (χ0v) is 13.7. The Morgan fingerprint density at radius 2 is 2.09 bits per heavy atom. The average molecular weight is 316 g/mol. The van der Waals surface area contributed by atoms with Crippen LogP contribution >= 0.6 is 0 Å². The summed E-state index contributed by atoms with van der Waals surface area (Å²) in [6.07, 6.45) is 7.84. The van der Waals surface area contributed by atoms with Gasteiger partial charge in [0.1, 0.15) is 18.0 Å². The molecule has 1 saturated carbocycles. The van der Waals surface area contributed by atoms with Gasteiger partial charge in [-0.1, -0.05) is 19.3 Å². The average Bonchev–Trinajstić information content (AvgIpc) is 2.95. The highest BCUT2D eigenvalue weighted by Gasteiger charge is 2.19. The number of anilines is 2. The van der Waals surface area contributed by atoms with Crippen molar-refractivity contribution in [2.75, 3.05) is 18.2 Å². The highest BCUT2D eigenvalue weighted by Crippen LogP contribution is 2.33. The number of aromatic nitrogens is 4. The number of methoxy groups -OCH3 is 1. The van der Waals surface area contributed by atoms with Gasteiger partial charge in [0.05, 0.1) is 24.9 Å². The number of rotatable bonds is 5. The molecule has 3 N–H and O–H groups in total. The number of nitrogens with one attached hydrogen (secondary N) is 1. The van der Waals surface area contributed by atoms with Gasteiger partial charge >= 0.3 is 0 Å². The van der Waals surface area contributed by atoms with Gasteiger partial charge in [0, 0.05) is 19.0 Å². The van der Waals surface area contributed by atoms with Crippen molar-refractivity contribution < 1.29 is 4.74 Å². The predicted molar refractivity (Wildman–Crippen MR) is 89.4 cm³/mol. The summed E-state index contributed by atoms with van der Waals surface area (Å²) in [5.41, 5.74) is 7.87. The second-order valence-corrected chi connectivity index (χ2v) is 6.01. The molecule has 0 spiro atoms. The van der Waals surface area contributed by atoms with E-state index in [0.717, 1.165) is 11.4 Å². The number of aryl methyl sites for hydroxylation is 1. The van der Waals surface area contributed by atoms with Crippen LogP contribution in [0.25, 0.3) is 0 Å². The Labute approximate surface area is 136 Å². The summed E-state index contributed by atoms with van der Waals surface area (Å²) in [4.78, 5) is 8.12. The maximum atomic E-state index is 5.93. The lowest BCUT2D eigenvalue weighted by molar-refractivity contribution is 0.392.